The lowest BCUT2D eigenvalue weighted by atomic mass is 9.91. The van der Waals surface area contributed by atoms with Crippen LogP contribution in [0.3, 0.4) is 0 Å². The summed E-state index contributed by atoms with van der Waals surface area (Å²) in [6.45, 7) is 10.9. The molecule has 1 fully saturated rings. The van der Waals surface area contributed by atoms with Gasteiger partial charge in [0.15, 0.2) is 0 Å². The number of nitrogens with two attached hydrogens (primary N) is 1. The quantitative estimate of drug-likeness (QED) is 0.615. The first-order valence-electron chi connectivity index (χ1n) is 11.5. The van der Waals surface area contributed by atoms with E-state index in [-0.39, 0.29) is 11.8 Å². The second-order valence-electron chi connectivity index (χ2n) is 9.29. The fraction of sp³-hybridized carbons (Fsp3) is 0.462. The number of nitrogens with one attached hydrogen (secondary N) is 1. The van der Waals surface area contributed by atoms with E-state index in [0.29, 0.717) is 11.8 Å². The van der Waals surface area contributed by atoms with Gasteiger partial charge in [-0.15, -0.1) is 0 Å². The van der Waals surface area contributed by atoms with Crippen LogP contribution < -0.4 is 5.73 Å². The highest BCUT2D eigenvalue weighted by molar-refractivity contribution is 5.93. The summed E-state index contributed by atoms with van der Waals surface area (Å²) in [5, 5.41) is 1.21. The number of likely N-dealkylation sites (tertiary alicyclic amines) is 1. The highest BCUT2D eigenvalue weighted by Crippen LogP contribution is 2.37. The number of benzene rings is 1. The van der Waals surface area contributed by atoms with Gasteiger partial charge in [-0.05, 0) is 80.5 Å². The number of carbonyl (C=O) groups is 1. The largest absolute Gasteiger partial charge is 0.354 e. The lowest BCUT2D eigenvalue weighted by molar-refractivity contribution is -0.133. The van der Waals surface area contributed by atoms with Crippen molar-refractivity contribution in [2.45, 2.75) is 52.4 Å². The van der Waals surface area contributed by atoms with Crippen LogP contribution in [-0.4, -0.2) is 40.4 Å². The van der Waals surface area contributed by atoms with Gasteiger partial charge >= 0.3 is 0 Å². The van der Waals surface area contributed by atoms with Crippen LogP contribution in [0.1, 0.15) is 62.3 Å². The Bertz CT molecular complexity index is 1080. The van der Waals surface area contributed by atoms with E-state index in [9.17, 15) is 4.79 Å². The number of pyridine rings is 1. The van der Waals surface area contributed by atoms with Crippen molar-refractivity contribution < 1.29 is 4.79 Å². The number of aromatic amines is 1. The minimum absolute atomic E-state index is 0.152. The average Bonchev–Trinajstić information content (AvgIpc) is 3.17. The molecule has 5 heteroatoms. The molecule has 1 atom stereocenters. The Hall–Kier alpha value is -2.66. The minimum atomic E-state index is -0.152. The van der Waals surface area contributed by atoms with Crippen molar-refractivity contribution in [3.05, 3.63) is 53.3 Å². The summed E-state index contributed by atoms with van der Waals surface area (Å²) in [6.07, 6.45) is 3.89. The Morgan fingerprint density at radius 1 is 1.19 bits per heavy atom. The fourth-order valence-corrected chi connectivity index (χ4v) is 4.83. The van der Waals surface area contributed by atoms with Crippen LogP contribution in [0.4, 0.5) is 0 Å². The Balaban J connectivity index is 1.67. The van der Waals surface area contributed by atoms with Crippen molar-refractivity contribution in [3.8, 4) is 11.3 Å². The van der Waals surface area contributed by atoms with Crippen LogP contribution in [0.25, 0.3) is 22.2 Å². The van der Waals surface area contributed by atoms with E-state index in [1.54, 1.807) is 0 Å². The SMILES string of the molecule is Cc1cc(-c2[nH]c3ccc(C(C)C(=O)N4CCC(CN)CC4)cc3c2C(C)C)ccn1. The van der Waals surface area contributed by atoms with E-state index in [2.05, 4.69) is 54.1 Å². The number of fused-ring (bicyclic) bond motifs is 1. The van der Waals surface area contributed by atoms with Crippen LogP contribution in [0.2, 0.25) is 0 Å². The predicted octanol–water partition coefficient (Wildman–Crippen LogP) is 4.96. The number of hydrogen-bond donors (Lipinski definition) is 2. The second kappa shape index (κ2) is 8.83. The maximum atomic E-state index is 13.2. The molecule has 0 bridgehead atoms. The highest BCUT2D eigenvalue weighted by atomic mass is 16.2. The number of aryl methyl sites for hydroxylation is 1. The molecule has 3 heterocycles. The normalized spacial score (nSPS) is 16.3. The fourth-order valence-electron chi connectivity index (χ4n) is 4.83. The van der Waals surface area contributed by atoms with Gasteiger partial charge in [0, 0.05) is 41.4 Å². The lowest BCUT2D eigenvalue weighted by Gasteiger charge is -2.33. The van der Waals surface area contributed by atoms with Crippen molar-refractivity contribution in [2.75, 3.05) is 19.6 Å². The smallest absolute Gasteiger partial charge is 0.229 e. The summed E-state index contributed by atoms with van der Waals surface area (Å²) in [5.74, 6) is 0.981. The van der Waals surface area contributed by atoms with Crippen LogP contribution in [0.5, 0.6) is 0 Å². The van der Waals surface area contributed by atoms with Crippen molar-refractivity contribution in [1.82, 2.24) is 14.9 Å². The van der Waals surface area contributed by atoms with Gasteiger partial charge in [-0.2, -0.15) is 0 Å². The average molecular weight is 419 g/mol. The molecule has 1 aromatic carbocycles. The Morgan fingerprint density at radius 3 is 2.58 bits per heavy atom. The Labute approximate surface area is 185 Å². The summed E-state index contributed by atoms with van der Waals surface area (Å²) >= 11 is 0. The van der Waals surface area contributed by atoms with Gasteiger partial charge in [-0.25, -0.2) is 0 Å². The van der Waals surface area contributed by atoms with Gasteiger partial charge in [0.2, 0.25) is 5.91 Å². The van der Waals surface area contributed by atoms with Crippen LogP contribution in [0, 0.1) is 12.8 Å². The van der Waals surface area contributed by atoms with Gasteiger partial charge in [0.1, 0.15) is 0 Å². The number of nitrogens with zero attached hydrogens (tertiary/aromatic N) is 2. The minimum Gasteiger partial charge on any atom is -0.354 e. The van der Waals surface area contributed by atoms with Crippen LogP contribution in [0.15, 0.2) is 36.5 Å². The van der Waals surface area contributed by atoms with Gasteiger partial charge < -0.3 is 15.6 Å². The molecular formula is C26H34N4O. The first-order valence-corrected chi connectivity index (χ1v) is 11.5. The van der Waals surface area contributed by atoms with E-state index in [1.807, 2.05) is 24.9 Å². The number of piperidine rings is 1. The molecule has 0 radical (unpaired) electrons. The molecule has 3 aromatic rings. The molecule has 0 spiro atoms. The summed E-state index contributed by atoms with van der Waals surface area (Å²) < 4.78 is 0. The molecule has 1 aliphatic heterocycles. The molecule has 4 rings (SSSR count). The summed E-state index contributed by atoms with van der Waals surface area (Å²) in [5.41, 5.74) is 12.6. The van der Waals surface area contributed by atoms with Crippen LogP contribution in [-0.2, 0) is 4.79 Å². The zero-order valence-electron chi connectivity index (χ0n) is 19.1. The highest BCUT2D eigenvalue weighted by Gasteiger charge is 2.27. The molecule has 5 nitrogen and oxygen atoms in total. The number of H-pyrrole nitrogens is 1. The van der Waals surface area contributed by atoms with E-state index < -0.39 is 0 Å². The molecule has 1 unspecified atom stereocenters. The lowest BCUT2D eigenvalue weighted by Crippen LogP contribution is -2.41. The number of rotatable bonds is 5. The molecule has 1 amide bonds. The molecular weight excluding hydrogens is 384 g/mol. The molecule has 164 valence electrons. The topological polar surface area (TPSA) is 75.0 Å². The van der Waals surface area contributed by atoms with Gasteiger partial charge in [0.25, 0.3) is 0 Å². The van der Waals surface area contributed by atoms with E-state index >= 15 is 0 Å². The van der Waals surface area contributed by atoms with Crippen LogP contribution >= 0.6 is 0 Å². The number of carbonyl (C=O) groups excluding carboxylic acids is 1. The maximum absolute atomic E-state index is 13.2. The zero-order valence-corrected chi connectivity index (χ0v) is 19.1. The third kappa shape index (κ3) is 4.24. The molecule has 1 saturated heterocycles. The van der Waals surface area contributed by atoms with Crippen molar-refractivity contribution >= 4 is 16.8 Å². The number of amides is 1. The first kappa shape index (κ1) is 21.6. The second-order valence-corrected chi connectivity index (χ2v) is 9.29. The van der Waals surface area contributed by atoms with Crippen molar-refractivity contribution in [2.24, 2.45) is 11.7 Å². The van der Waals surface area contributed by atoms with Gasteiger partial charge in [-0.3, -0.25) is 9.78 Å². The zero-order chi connectivity index (χ0) is 22.1. The Kier molecular flexibility index (Phi) is 6.15. The standard InChI is InChI=1S/C26H34N4O/c1-16(2)24-22-14-20(18(4)26(31)30-11-8-19(15-27)9-12-30)5-6-23(22)29-25(24)21-7-10-28-17(3)13-21/h5-7,10,13-14,16,18-19,29H,8-9,11-12,15,27H2,1-4H3. The van der Waals surface area contributed by atoms with Crippen molar-refractivity contribution in [3.63, 3.8) is 0 Å². The molecule has 0 saturated carbocycles. The molecule has 2 aromatic heterocycles. The monoisotopic (exact) mass is 418 g/mol. The van der Waals surface area contributed by atoms with E-state index in [0.717, 1.165) is 60.5 Å². The molecule has 0 aliphatic carbocycles. The van der Waals surface area contributed by atoms with Crippen molar-refractivity contribution in [1.29, 1.82) is 0 Å². The molecule has 1 aliphatic rings. The summed E-state index contributed by atoms with van der Waals surface area (Å²) in [4.78, 5) is 23.2. The van der Waals surface area contributed by atoms with E-state index in [1.165, 1.54) is 10.9 Å². The number of hydrogen-bond acceptors (Lipinski definition) is 3. The molecule has 3 N–H and O–H groups in total. The van der Waals surface area contributed by atoms with Gasteiger partial charge in [0.05, 0.1) is 11.6 Å². The third-order valence-electron chi connectivity index (χ3n) is 6.76. The third-order valence-corrected chi connectivity index (χ3v) is 6.76. The maximum Gasteiger partial charge on any atom is 0.229 e. The molecule has 31 heavy (non-hydrogen) atoms. The Morgan fingerprint density at radius 2 is 1.94 bits per heavy atom. The first-order chi connectivity index (χ1) is 14.9. The van der Waals surface area contributed by atoms with E-state index in [4.69, 9.17) is 5.73 Å². The predicted molar refractivity (Wildman–Crippen MR) is 127 cm³/mol. The number of aromatic nitrogens is 2. The van der Waals surface area contributed by atoms with Gasteiger partial charge in [-0.1, -0.05) is 19.9 Å². The summed E-state index contributed by atoms with van der Waals surface area (Å²) in [6, 6.07) is 10.6. The summed E-state index contributed by atoms with van der Waals surface area (Å²) in [7, 11) is 0.